The third-order valence-corrected chi connectivity index (χ3v) is 5.81. The maximum atomic E-state index is 12.7. The van der Waals surface area contributed by atoms with Crippen molar-refractivity contribution >= 4 is 10.2 Å². The van der Waals surface area contributed by atoms with Crippen LogP contribution >= 0.6 is 0 Å². The van der Waals surface area contributed by atoms with Crippen molar-refractivity contribution in [1.29, 1.82) is 0 Å². The van der Waals surface area contributed by atoms with Gasteiger partial charge in [-0.25, -0.2) is 0 Å². The highest BCUT2D eigenvalue weighted by atomic mass is 32.2. The highest BCUT2D eigenvalue weighted by Gasteiger charge is 2.33. The number of aromatic nitrogens is 2. The zero-order valence-corrected chi connectivity index (χ0v) is 13.7. The summed E-state index contributed by atoms with van der Waals surface area (Å²) in [5.74, 6) is 0. The fraction of sp³-hybridized carbons (Fsp3) is 0.769. The Morgan fingerprint density at radius 3 is 2.43 bits per heavy atom. The van der Waals surface area contributed by atoms with Gasteiger partial charge in [0.2, 0.25) is 0 Å². The lowest BCUT2D eigenvalue weighted by molar-refractivity contribution is 0.318. The molecule has 0 spiro atoms. The normalized spacial score (nSPS) is 16.4. The Labute approximate surface area is 125 Å². The van der Waals surface area contributed by atoms with E-state index in [0.29, 0.717) is 31.6 Å². The molecule has 0 atom stereocenters. The van der Waals surface area contributed by atoms with E-state index in [4.69, 9.17) is 0 Å². The van der Waals surface area contributed by atoms with Gasteiger partial charge in [-0.05, 0) is 19.3 Å². The predicted molar refractivity (Wildman–Crippen MR) is 81.2 cm³/mol. The minimum absolute atomic E-state index is 0.108. The molecule has 1 N–H and O–H groups in total. The fourth-order valence-electron chi connectivity index (χ4n) is 2.76. The number of aromatic amines is 1. The topological polar surface area (TPSA) is 78.4 Å². The highest BCUT2D eigenvalue weighted by molar-refractivity contribution is 7.86. The van der Waals surface area contributed by atoms with Gasteiger partial charge in [-0.1, -0.05) is 13.8 Å². The summed E-state index contributed by atoms with van der Waals surface area (Å²) in [5, 5.41) is 2.70. The number of fused-ring (bicyclic) bond motifs is 1. The van der Waals surface area contributed by atoms with Gasteiger partial charge >= 0.3 is 0 Å². The number of nitrogens with one attached hydrogen (secondary N) is 1. The van der Waals surface area contributed by atoms with E-state index in [9.17, 15) is 13.2 Å². The molecule has 1 aliphatic rings. The van der Waals surface area contributed by atoms with E-state index in [0.717, 1.165) is 18.5 Å². The van der Waals surface area contributed by atoms with Gasteiger partial charge < -0.3 is 0 Å². The van der Waals surface area contributed by atoms with Gasteiger partial charge in [-0.3, -0.25) is 14.6 Å². The largest absolute Gasteiger partial charge is 0.291 e. The number of rotatable bonds is 6. The van der Waals surface area contributed by atoms with Crippen molar-refractivity contribution in [2.75, 3.05) is 19.6 Å². The standard InChI is InChI=1S/C13H24N4O3S/c1-4-7-16(8-5-2)21(19,20)17-9-6-11-12(10-17)15(3)14-13(11)18/h4-10H2,1-3H3,(H,14,18). The lowest BCUT2D eigenvalue weighted by Gasteiger charge is -2.32. The molecular formula is C13H24N4O3S. The van der Waals surface area contributed by atoms with Crippen molar-refractivity contribution in [2.24, 2.45) is 7.05 Å². The van der Waals surface area contributed by atoms with E-state index in [1.54, 1.807) is 16.0 Å². The summed E-state index contributed by atoms with van der Waals surface area (Å²) in [4.78, 5) is 11.7. The van der Waals surface area contributed by atoms with Crippen LogP contribution in [0.5, 0.6) is 0 Å². The van der Waals surface area contributed by atoms with Crippen molar-refractivity contribution < 1.29 is 8.42 Å². The molecule has 8 heteroatoms. The van der Waals surface area contributed by atoms with Crippen LogP contribution in [0.15, 0.2) is 4.79 Å². The van der Waals surface area contributed by atoms with Gasteiger partial charge in [0.25, 0.3) is 15.8 Å². The zero-order valence-electron chi connectivity index (χ0n) is 12.9. The first kappa shape index (κ1) is 16.3. The summed E-state index contributed by atoms with van der Waals surface area (Å²) in [7, 11) is -1.72. The van der Waals surface area contributed by atoms with E-state index >= 15 is 0 Å². The van der Waals surface area contributed by atoms with Crippen LogP contribution in [0.4, 0.5) is 0 Å². The second-order valence-corrected chi connectivity index (χ2v) is 7.34. The maximum Gasteiger partial charge on any atom is 0.282 e. The average molecular weight is 316 g/mol. The minimum Gasteiger partial charge on any atom is -0.291 e. The van der Waals surface area contributed by atoms with Crippen molar-refractivity contribution in [1.82, 2.24) is 18.4 Å². The van der Waals surface area contributed by atoms with Crippen molar-refractivity contribution in [2.45, 2.75) is 39.7 Å². The smallest absolute Gasteiger partial charge is 0.282 e. The second-order valence-electron chi connectivity index (χ2n) is 5.42. The van der Waals surface area contributed by atoms with Crippen LogP contribution in [0.1, 0.15) is 37.9 Å². The van der Waals surface area contributed by atoms with Gasteiger partial charge in [-0.2, -0.15) is 17.0 Å². The first-order valence-electron chi connectivity index (χ1n) is 7.43. The number of H-pyrrole nitrogens is 1. The highest BCUT2D eigenvalue weighted by Crippen LogP contribution is 2.20. The van der Waals surface area contributed by atoms with Crippen LogP contribution in [0.2, 0.25) is 0 Å². The zero-order chi connectivity index (χ0) is 15.6. The van der Waals surface area contributed by atoms with E-state index < -0.39 is 10.2 Å². The summed E-state index contributed by atoms with van der Waals surface area (Å²) < 4.78 is 30.1. The molecule has 2 rings (SSSR count). The Bertz CT molecular complexity index is 641. The minimum atomic E-state index is -3.46. The van der Waals surface area contributed by atoms with Crippen LogP contribution in [0.25, 0.3) is 0 Å². The Balaban J connectivity index is 2.26. The monoisotopic (exact) mass is 316 g/mol. The van der Waals surface area contributed by atoms with Crippen molar-refractivity contribution in [3.63, 3.8) is 0 Å². The number of hydrogen-bond donors (Lipinski definition) is 1. The van der Waals surface area contributed by atoms with Crippen LogP contribution in [-0.2, 0) is 30.2 Å². The Hall–Kier alpha value is -1.12. The number of nitrogens with zero attached hydrogens (tertiary/aromatic N) is 3. The Morgan fingerprint density at radius 1 is 1.24 bits per heavy atom. The molecule has 1 aromatic heterocycles. The lowest BCUT2D eigenvalue weighted by Crippen LogP contribution is -2.46. The average Bonchev–Trinajstić information content (AvgIpc) is 2.73. The van der Waals surface area contributed by atoms with E-state index in [-0.39, 0.29) is 12.1 Å². The van der Waals surface area contributed by atoms with Gasteiger partial charge in [0.05, 0.1) is 12.2 Å². The van der Waals surface area contributed by atoms with Gasteiger partial charge in [-0.15, -0.1) is 0 Å². The molecule has 0 fully saturated rings. The third kappa shape index (κ3) is 3.07. The molecule has 1 aromatic rings. The molecule has 0 radical (unpaired) electrons. The van der Waals surface area contributed by atoms with Crippen LogP contribution in [0.3, 0.4) is 0 Å². The molecular weight excluding hydrogens is 292 g/mol. The summed E-state index contributed by atoms with van der Waals surface area (Å²) in [5.41, 5.74) is 1.37. The van der Waals surface area contributed by atoms with Crippen LogP contribution in [-0.4, -0.2) is 46.4 Å². The molecule has 0 aromatic carbocycles. The van der Waals surface area contributed by atoms with Crippen molar-refractivity contribution in [3.8, 4) is 0 Å². The van der Waals surface area contributed by atoms with Crippen LogP contribution in [0, 0.1) is 0 Å². The summed E-state index contributed by atoms with van der Waals surface area (Å²) in [6.07, 6.45) is 2.05. The van der Waals surface area contributed by atoms with Gasteiger partial charge in [0.1, 0.15) is 0 Å². The summed E-state index contributed by atoms with van der Waals surface area (Å²) >= 11 is 0. The number of aryl methyl sites for hydroxylation is 1. The Kier molecular flexibility index (Phi) is 4.90. The molecule has 2 heterocycles. The third-order valence-electron chi connectivity index (χ3n) is 3.83. The number of hydrogen-bond acceptors (Lipinski definition) is 3. The van der Waals surface area contributed by atoms with E-state index in [1.165, 1.54) is 4.31 Å². The van der Waals surface area contributed by atoms with E-state index in [2.05, 4.69) is 5.10 Å². The molecule has 0 bridgehead atoms. The molecule has 0 aliphatic carbocycles. The Morgan fingerprint density at radius 2 is 1.86 bits per heavy atom. The molecule has 0 unspecified atom stereocenters. The van der Waals surface area contributed by atoms with Gasteiger partial charge in [0, 0.05) is 32.2 Å². The molecule has 0 saturated heterocycles. The fourth-order valence-corrected chi connectivity index (χ4v) is 4.52. The van der Waals surface area contributed by atoms with E-state index in [1.807, 2.05) is 13.8 Å². The molecule has 21 heavy (non-hydrogen) atoms. The van der Waals surface area contributed by atoms with Gasteiger partial charge in [0.15, 0.2) is 0 Å². The second kappa shape index (κ2) is 6.33. The first-order chi connectivity index (χ1) is 9.91. The molecule has 120 valence electrons. The first-order valence-corrected chi connectivity index (χ1v) is 8.83. The molecule has 1 aliphatic heterocycles. The molecule has 7 nitrogen and oxygen atoms in total. The maximum absolute atomic E-state index is 12.7. The summed E-state index contributed by atoms with van der Waals surface area (Å²) in [6.45, 7) is 5.64. The SMILES string of the molecule is CCCN(CCC)S(=O)(=O)N1CCc2c(n(C)[nH]c2=O)C1. The van der Waals surface area contributed by atoms with Crippen molar-refractivity contribution in [3.05, 3.63) is 21.6 Å². The molecule has 0 amide bonds. The predicted octanol–water partition coefficient (Wildman–Crippen LogP) is 0.438. The quantitative estimate of drug-likeness (QED) is 0.827. The molecule has 0 saturated carbocycles. The van der Waals surface area contributed by atoms with Crippen LogP contribution < -0.4 is 5.56 Å². The lowest BCUT2D eigenvalue weighted by atomic mass is 10.1. The summed E-state index contributed by atoms with van der Waals surface area (Å²) in [6, 6.07) is 0.